The number of halogens is 2. The molecule has 0 fully saturated rings. The van der Waals surface area contributed by atoms with Gasteiger partial charge in [-0.25, -0.2) is 8.78 Å². The summed E-state index contributed by atoms with van der Waals surface area (Å²) >= 11 is 0. The van der Waals surface area contributed by atoms with Gasteiger partial charge in [0.15, 0.2) is 0 Å². The van der Waals surface area contributed by atoms with Crippen molar-refractivity contribution in [3.05, 3.63) is 29.8 Å². The van der Waals surface area contributed by atoms with E-state index in [2.05, 4.69) is 19.2 Å². The van der Waals surface area contributed by atoms with E-state index in [-0.39, 0.29) is 11.9 Å². The van der Waals surface area contributed by atoms with E-state index in [9.17, 15) is 8.78 Å². The van der Waals surface area contributed by atoms with Crippen LogP contribution in [0.2, 0.25) is 0 Å². The quantitative estimate of drug-likeness (QED) is 0.807. The Morgan fingerprint density at radius 1 is 1.17 bits per heavy atom. The second kappa shape index (κ2) is 7.31. The van der Waals surface area contributed by atoms with Gasteiger partial charge in [0.2, 0.25) is 0 Å². The van der Waals surface area contributed by atoms with Crippen molar-refractivity contribution in [2.45, 2.75) is 45.8 Å². The first-order valence-electron chi connectivity index (χ1n) is 6.37. The third-order valence-corrected chi connectivity index (χ3v) is 2.65. The fourth-order valence-corrected chi connectivity index (χ4v) is 1.77. The highest BCUT2D eigenvalue weighted by Crippen LogP contribution is 2.16. The van der Waals surface area contributed by atoms with Crippen LogP contribution in [0.5, 0.6) is 5.75 Å². The Morgan fingerprint density at radius 3 is 2.33 bits per heavy atom. The van der Waals surface area contributed by atoms with E-state index in [1.165, 1.54) is 12.1 Å². The molecule has 0 saturated heterocycles. The Bertz CT molecular complexity index is 351. The second-order valence-electron chi connectivity index (χ2n) is 4.63. The zero-order chi connectivity index (χ0) is 13.5. The molecule has 102 valence electrons. The molecule has 0 spiro atoms. The monoisotopic (exact) mass is 257 g/mol. The smallest absolute Gasteiger partial charge is 0.129 e. The molecule has 4 heteroatoms. The summed E-state index contributed by atoms with van der Waals surface area (Å²) in [6.45, 7) is 6.76. The molecule has 1 N–H and O–H groups in total. The van der Waals surface area contributed by atoms with Crippen molar-refractivity contribution in [3.8, 4) is 5.75 Å². The molecule has 2 nitrogen and oxygen atoms in total. The Hall–Kier alpha value is -1.16. The lowest BCUT2D eigenvalue weighted by Gasteiger charge is -2.18. The number of benzene rings is 1. The molecule has 2 unspecified atom stereocenters. The molecule has 0 bridgehead atoms. The van der Waals surface area contributed by atoms with Gasteiger partial charge in [0.25, 0.3) is 0 Å². The lowest BCUT2D eigenvalue weighted by Crippen LogP contribution is -2.35. The van der Waals surface area contributed by atoms with E-state index in [0.29, 0.717) is 12.6 Å². The van der Waals surface area contributed by atoms with Crippen molar-refractivity contribution < 1.29 is 13.5 Å². The van der Waals surface area contributed by atoms with Crippen LogP contribution in [-0.4, -0.2) is 18.7 Å². The van der Waals surface area contributed by atoms with Gasteiger partial charge < -0.3 is 10.1 Å². The molecule has 1 rings (SSSR count). The van der Waals surface area contributed by atoms with Crippen LogP contribution in [0, 0.1) is 11.6 Å². The van der Waals surface area contributed by atoms with Crippen LogP contribution in [0.4, 0.5) is 8.78 Å². The molecule has 2 atom stereocenters. The molecule has 18 heavy (non-hydrogen) atoms. The third kappa shape index (κ3) is 5.45. The minimum atomic E-state index is -0.621. The Balaban J connectivity index is 2.41. The van der Waals surface area contributed by atoms with Crippen molar-refractivity contribution in [1.29, 1.82) is 0 Å². The number of nitrogens with one attached hydrogen (secondary N) is 1. The van der Waals surface area contributed by atoms with E-state index in [1.54, 1.807) is 0 Å². The van der Waals surface area contributed by atoms with Gasteiger partial charge in [-0.15, -0.1) is 0 Å². The van der Waals surface area contributed by atoms with E-state index in [4.69, 9.17) is 4.74 Å². The molecule has 0 aliphatic rings. The molecule has 0 aliphatic heterocycles. The summed E-state index contributed by atoms with van der Waals surface area (Å²) in [4.78, 5) is 0. The summed E-state index contributed by atoms with van der Waals surface area (Å²) < 4.78 is 31.4. The van der Waals surface area contributed by atoms with Crippen LogP contribution in [0.15, 0.2) is 18.2 Å². The van der Waals surface area contributed by atoms with Crippen LogP contribution in [-0.2, 0) is 0 Å². The Labute approximate surface area is 107 Å². The van der Waals surface area contributed by atoms with Crippen molar-refractivity contribution in [3.63, 3.8) is 0 Å². The topological polar surface area (TPSA) is 21.3 Å². The molecular formula is C14H21F2NO. The van der Waals surface area contributed by atoms with Gasteiger partial charge in [-0.2, -0.15) is 0 Å². The third-order valence-electron chi connectivity index (χ3n) is 2.65. The first kappa shape index (κ1) is 14.9. The Morgan fingerprint density at radius 2 is 1.78 bits per heavy atom. The average Bonchev–Trinajstić information content (AvgIpc) is 2.25. The van der Waals surface area contributed by atoms with Gasteiger partial charge >= 0.3 is 0 Å². The van der Waals surface area contributed by atoms with Gasteiger partial charge in [-0.05, 0) is 20.3 Å². The van der Waals surface area contributed by atoms with Crippen LogP contribution >= 0.6 is 0 Å². The summed E-state index contributed by atoms with van der Waals surface area (Å²) in [5, 5.41) is 3.32. The minimum absolute atomic E-state index is 0.134. The molecule has 0 aromatic heterocycles. The standard InChI is InChI=1S/C14H21F2NO/c1-4-5-10(2)17-9-11(3)18-14-7-12(15)6-13(16)8-14/h6-8,10-11,17H,4-5,9H2,1-3H3. The number of hydrogen-bond acceptors (Lipinski definition) is 2. The first-order chi connectivity index (χ1) is 8.51. The molecule has 0 heterocycles. The molecule has 0 radical (unpaired) electrons. The second-order valence-corrected chi connectivity index (χ2v) is 4.63. The fraction of sp³-hybridized carbons (Fsp3) is 0.571. The number of ether oxygens (including phenoxy) is 1. The van der Waals surface area contributed by atoms with Crippen molar-refractivity contribution in [2.24, 2.45) is 0 Å². The van der Waals surface area contributed by atoms with Gasteiger partial charge in [0.1, 0.15) is 23.5 Å². The highest BCUT2D eigenvalue weighted by atomic mass is 19.1. The summed E-state index contributed by atoms with van der Waals surface area (Å²) in [5.74, 6) is -1.01. The lowest BCUT2D eigenvalue weighted by atomic mass is 10.2. The largest absolute Gasteiger partial charge is 0.489 e. The molecule has 0 amide bonds. The van der Waals surface area contributed by atoms with Crippen molar-refractivity contribution in [2.75, 3.05) is 6.54 Å². The van der Waals surface area contributed by atoms with Crippen LogP contribution in [0.3, 0.4) is 0 Å². The minimum Gasteiger partial charge on any atom is -0.489 e. The van der Waals surface area contributed by atoms with Gasteiger partial charge in [-0.3, -0.25) is 0 Å². The van der Waals surface area contributed by atoms with Crippen molar-refractivity contribution in [1.82, 2.24) is 5.32 Å². The maximum absolute atomic E-state index is 13.0. The summed E-state index contributed by atoms with van der Waals surface area (Å²) in [6, 6.07) is 3.63. The highest BCUT2D eigenvalue weighted by Gasteiger charge is 2.08. The molecule has 0 aliphatic carbocycles. The summed E-state index contributed by atoms with van der Waals surface area (Å²) in [6.07, 6.45) is 2.09. The van der Waals surface area contributed by atoms with Crippen LogP contribution in [0.25, 0.3) is 0 Å². The highest BCUT2D eigenvalue weighted by molar-refractivity contribution is 5.24. The predicted octanol–water partition coefficient (Wildman–Crippen LogP) is 3.51. The lowest BCUT2D eigenvalue weighted by molar-refractivity contribution is 0.210. The normalized spacial score (nSPS) is 14.3. The maximum Gasteiger partial charge on any atom is 0.129 e. The molecular weight excluding hydrogens is 236 g/mol. The zero-order valence-electron chi connectivity index (χ0n) is 11.2. The molecule has 1 aromatic carbocycles. The molecule has 0 saturated carbocycles. The van der Waals surface area contributed by atoms with Crippen LogP contribution < -0.4 is 10.1 Å². The summed E-state index contributed by atoms with van der Waals surface area (Å²) in [5.41, 5.74) is 0. The van der Waals surface area contributed by atoms with E-state index >= 15 is 0 Å². The fourth-order valence-electron chi connectivity index (χ4n) is 1.77. The number of rotatable bonds is 7. The van der Waals surface area contributed by atoms with Gasteiger partial charge in [-0.1, -0.05) is 13.3 Å². The van der Waals surface area contributed by atoms with Crippen LogP contribution in [0.1, 0.15) is 33.6 Å². The van der Waals surface area contributed by atoms with E-state index in [0.717, 1.165) is 18.9 Å². The van der Waals surface area contributed by atoms with Gasteiger partial charge in [0, 0.05) is 30.8 Å². The molecule has 1 aromatic rings. The van der Waals surface area contributed by atoms with Gasteiger partial charge in [0.05, 0.1) is 0 Å². The SMILES string of the molecule is CCCC(C)NCC(C)Oc1cc(F)cc(F)c1. The van der Waals surface area contributed by atoms with E-state index in [1.807, 2.05) is 6.92 Å². The maximum atomic E-state index is 13.0. The summed E-state index contributed by atoms with van der Waals surface area (Å²) in [7, 11) is 0. The average molecular weight is 257 g/mol. The van der Waals surface area contributed by atoms with Crippen molar-refractivity contribution >= 4 is 0 Å². The predicted molar refractivity (Wildman–Crippen MR) is 68.8 cm³/mol. The first-order valence-corrected chi connectivity index (χ1v) is 6.37. The van der Waals surface area contributed by atoms with E-state index < -0.39 is 11.6 Å². The number of hydrogen-bond donors (Lipinski definition) is 1. The Kier molecular flexibility index (Phi) is 6.05. The zero-order valence-corrected chi connectivity index (χ0v) is 11.2.